The Morgan fingerprint density at radius 3 is 2.66 bits per heavy atom. The molecule has 2 aromatic carbocycles. The van der Waals surface area contributed by atoms with E-state index in [9.17, 15) is 14.7 Å². The number of aliphatic hydroxyl groups is 1. The topological polar surface area (TPSA) is 89.0 Å². The number of ether oxygens (including phenoxy) is 2. The third-order valence-electron chi connectivity index (χ3n) is 6.10. The molecule has 35 heavy (non-hydrogen) atoms. The van der Waals surface area contributed by atoms with Gasteiger partial charge in [0, 0.05) is 10.4 Å². The second-order valence-electron chi connectivity index (χ2n) is 8.47. The number of thiazole rings is 1. The minimum Gasteiger partial charge on any atom is -0.507 e. The second kappa shape index (κ2) is 8.21. The predicted molar refractivity (Wildman–Crippen MR) is 136 cm³/mol. The summed E-state index contributed by atoms with van der Waals surface area (Å²) in [6.45, 7) is 4.83. The van der Waals surface area contributed by atoms with Crippen LogP contribution in [0.5, 0.6) is 11.5 Å². The number of benzene rings is 2. The van der Waals surface area contributed by atoms with Crippen molar-refractivity contribution in [3.63, 3.8) is 0 Å². The van der Waals surface area contributed by atoms with E-state index < -0.39 is 17.7 Å². The molecule has 1 atom stereocenters. The van der Waals surface area contributed by atoms with E-state index in [0.29, 0.717) is 35.4 Å². The predicted octanol–water partition coefficient (Wildman–Crippen LogP) is 5.37. The maximum Gasteiger partial charge on any atom is 0.301 e. The van der Waals surface area contributed by atoms with E-state index in [2.05, 4.69) is 0 Å². The van der Waals surface area contributed by atoms with Gasteiger partial charge in [0.2, 0.25) is 0 Å². The van der Waals surface area contributed by atoms with Crippen molar-refractivity contribution >= 4 is 55.5 Å². The Kier molecular flexibility index (Phi) is 5.12. The minimum absolute atomic E-state index is 0.0290. The normalized spacial score (nSPS) is 19.0. The van der Waals surface area contributed by atoms with Gasteiger partial charge in [0.1, 0.15) is 25.0 Å². The molecule has 4 aromatic rings. The third-order valence-corrected chi connectivity index (χ3v) is 8.02. The van der Waals surface area contributed by atoms with E-state index in [1.807, 2.05) is 43.5 Å². The highest BCUT2D eigenvalue weighted by atomic mass is 32.1. The Bertz CT molecular complexity index is 1540. The molecule has 6 rings (SSSR count). The number of Topliss-reactive ketones (excluding diaryl/α,β-unsaturated/α-hetero) is 1. The van der Waals surface area contributed by atoms with Crippen LogP contribution in [0.4, 0.5) is 5.13 Å². The Labute approximate surface area is 208 Å². The fraction of sp³-hybridized carbons (Fsp3) is 0.192. The quantitative estimate of drug-likeness (QED) is 0.229. The summed E-state index contributed by atoms with van der Waals surface area (Å²) in [4.78, 5) is 33.6. The number of hydrogen-bond donors (Lipinski definition) is 1. The number of aliphatic hydroxyl groups excluding tert-OH is 1. The Balaban J connectivity index is 1.53. The molecule has 0 aliphatic carbocycles. The second-order valence-corrected chi connectivity index (χ2v) is 10.5. The first kappa shape index (κ1) is 21.8. The average Bonchev–Trinajstić information content (AvgIpc) is 3.57. The fourth-order valence-corrected chi connectivity index (χ4v) is 6.55. The zero-order valence-corrected chi connectivity index (χ0v) is 20.5. The Hall–Kier alpha value is -3.69. The van der Waals surface area contributed by atoms with E-state index in [0.717, 1.165) is 26.2 Å². The van der Waals surface area contributed by atoms with E-state index in [1.54, 1.807) is 18.2 Å². The van der Waals surface area contributed by atoms with Crippen LogP contribution in [-0.4, -0.2) is 35.0 Å². The Morgan fingerprint density at radius 2 is 1.89 bits per heavy atom. The lowest BCUT2D eigenvalue weighted by atomic mass is 9.99. The van der Waals surface area contributed by atoms with Gasteiger partial charge in [0.05, 0.1) is 15.8 Å². The molecule has 0 saturated carbocycles. The molecule has 2 aliphatic rings. The van der Waals surface area contributed by atoms with Crippen molar-refractivity contribution < 1.29 is 24.2 Å². The molecule has 2 aliphatic heterocycles. The van der Waals surface area contributed by atoms with Crippen LogP contribution in [-0.2, 0) is 9.59 Å². The maximum absolute atomic E-state index is 13.4. The van der Waals surface area contributed by atoms with Gasteiger partial charge in [-0.05, 0) is 60.7 Å². The minimum atomic E-state index is -0.787. The van der Waals surface area contributed by atoms with Gasteiger partial charge in [-0.3, -0.25) is 14.5 Å². The molecule has 1 amide bonds. The van der Waals surface area contributed by atoms with Gasteiger partial charge in [-0.1, -0.05) is 23.5 Å². The van der Waals surface area contributed by atoms with Crippen molar-refractivity contribution in [2.75, 3.05) is 18.1 Å². The van der Waals surface area contributed by atoms with Gasteiger partial charge < -0.3 is 14.6 Å². The van der Waals surface area contributed by atoms with Crippen LogP contribution in [0.25, 0.3) is 16.0 Å². The van der Waals surface area contributed by atoms with Crippen molar-refractivity contribution in [2.24, 2.45) is 0 Å². The summed E-state index contributed by atoms with van der Waals surface area (Å²) >= 11 is 2.78. The molecule has 0 radical (unpaired) electrons. The summed E-state index contributed by atoms with van der Waals surface area (Å²) in [5.41, 5.74) is 3.31. The van der Waals surface area contributed by atoms with Crippen molar-refractivity contribution in [3.05, 3.63) is 75.0 Å². The van der Waals surface area contributed by atoms with Crippen molar-refractivity contribution in [1.82, 2.24) is 4.98 Å². The number of carbonyl (C=O) groups excluding carboxylic acids is 2. The van der Waals surface area contributed by atoms with Crippen molar-refractivity contribution in [2.45, 2.75) is 19.9 Å². The molecule has 1 fully saturated rings. The molecule has 1 saturated heterocycles. The SMILES string of the molecule is Cc1cc(C)c2nc(N3C(=O)C(=O)/C(=C(/O)c4ccc5c(c4)OCCO5)[C@@H]3c3cccs3)sc2c1. The van der Waals surface area contributed by atoms with Crippen LogP contribution in [0.2, 0.25) is 0 Å². The summed E-state index contributed by atoms with van der Waals surface area (Å²) < 4.78 is 12.1. The number of aromatic nitrogens is 1. The number of hydrogen-bond acceptors (Lipinski definition) is 8. The first-order chi connectivity index (χ1) is 16.9. The van der Waals surface area contributed by atoms with Gasteiger partial charge >= 0.3 is 5.91 Å². The van der Waals surface area contributed by atoms with Crippen LogP contribution < -0.4 is 14.4 Å². The smallest absolute Gasteiger partial charge is 0.301 e. The molecule has 4 heterocycles. The third kappa shape index (κ3) is 3.50. The van der Waals surface area contributed by atoms with Crippen LogP contribution in [0.3, 0.4) is 0 Å². The van der Waals surface area contributed by atoms with Gasteiger partial charge in [-0.25, -0.2) is 4.98 Å². The van der Waals surface area contributed by atoms with Crippen LogP contribution >= 0.6 is 22.7 Å². The molecule has 0 spiro atoms. The van der Waals surface area contributed by atoms with Crippen molar-refractivity contribution in [3.8, 4) is 11.5 Å². The number of carbonyl (C=O) groups is 2. The first-order valence-electron chi connectivity index (χ1n) is 11.0. The summed E-state index contributed by atoms with van der Waals surface area (Å²) in [5.74, 6) is -0.657. The summed E-state index contributed by atoms with van der Waals surface area (Å²) in [6, 6.07) is 12.0. The highest BCUT2D eigenvalue weighted by Gasteiger charge is 2.48. The lowest BCUT2D eigenvalue weighted by Gasteiger charge is -2.22. The molecule has 7 nitrogen and oxygen atoms in total. The molecule has 2 aromatic heterocycles. The van der Waals surface area contributed by atoms with E-state index in [1.165, 1.54) is 27.6 Å². The molecule has 1 N–H and O–H groups in total. The molecular weight excluding hydrogens is 484 g/mol. The van der Waals surface area contributed by atoms with Gasteiger partial charge in [-0.15, -0.1) is 11.3 Å². The largest absolute Gasteiger partial charge is 0.507 e. The molecule has 0 unspecified atom stereocenters. The molecule has 0 bridgehead atoms. The zero-order chi connectivity index (χ0) is 24.3. The lowest BCUT2D eigenvalue weighted by molar-refractivity contribution is -0.132. The molecular formula is C26H20N2O5S2. The number of ketones is 1. The van der Waals surface area contributed by atoms with Crippen LogP contribution in [0.15, 0.2) is 53.4 Å². The van der Waals surface area contributed by atoms with Crippen LogP contribution in [0, 0.1) is 13.8 Å². The zero-order valence-electron chi connectivity index (χ0n) is 18.9. The van der Waals surface area contributed by atoms with Gasteiger partial charge in [-0.2, -0.15) is 0 Å². The summed E-state index contributed by atoms with van der Waals surface area (Å²) in [5, 5.41) is 13.6. The number of aryl methyl sites for hydroxylation is 2. The van der Waals surface area contributed by atoms with Crippen molar-refractivity contribution in [1.29, 1.82) is 0 Å². The number of fused-ring (bicyclic) bond motifs is 2. The standard InChI is InChI=1S/C26H20N2O5S2/c1-13-10-14(2)21-19(11-13)35-26(27-21)28-22(18-4-3-9-34-18)20(24(30)25(28)31)23(29)15-5-6-16-17(12-15)33-8-7-32-16/h3-6,9-12,22,29H,7-8H2,1-2H3/b23-20+/t22-/m0/s1. The fourth-order valence-electron chi connectivity index (χ4n) is 4.55. The average molecular weight is 505 g/mol. The number of amides is 1. The first-order valence-corrected chi connectivity index (χ1v) is 12.7. The Morgan fingerprint density at radius 1 is 1.09 bits per heavy atom. The van der Waals surface area contributed by atoms with E-state index in [4.69, 9.17) is 14.5 Å². The highest BCUT2D eigenvalue weighted by molar-refractivity contribution is 7.22. The number of nitrogens with zero attached hydrogens (tertiary/aromatic N) is 2. The maximum atomic E-state index is 13.4. The van der Waals surface area contributed by atoms with Gasteiger partial charge in [0.25, 0.3) is 5.78 Å². The number of thiophene rings is 1. The highest BCUT2D eigenvalue weighted by Crippen LogP contribution is 2.46. The number of rotatable bonds is 3. The lowest BCUT2D eigenvalue weighted by Crippen LogP contribution is -2.28. The number of anilines is 1. The summed E-state index contributed by atoms with van der Waals surface area (Å²) in [6.07, 6.45) is 0. The van der Waals surface area contributed by atoms with Gasteiger partial charge in [0.15, 0.2) is 16.6 Å². The monoisotopic (exact) mass is 504 g/mol. The van der Waals surface area contributed by atoms with E-state index in [-0.39, 0.29) is 11.3 Å². The molecule has 176 valence electrons. The van der Waals surface area contributed by atoms with E-state index >= 15 is 0 Å². The van der Waals surface area contributed by atoms with Crippen LogP contribution in [0.1, 0.15) is 27.6 Å². The summed E-state index contributed by atoms with van der Waals surface area (Å²) in [7, 11) is 0. The molecule has 9 heteroatoms.